The van der Waals surface area contributed by atoms with Crippen LogP contribution in [0.5, 0.6) is 0 Å². The summed E-state index contributed by atoms with van der Waals surface area (Å²) in [5.41, 5.74) is -0.377. The van der Waals surface area contributed by atoms with E-state index in [4.69, 9.17) is 9.47 Å². The van der Waals surface area contributed by atoms with E-state index in [2.05, 4.69) is 20.4 Å². The summed E-state index contributed by atoms with van der Waals surface area (Å²) in [5.74, 6) is -0.290. The highest BCUT2D eigenvalue weighted by Crippen LogP contribution is 2.33. The number of aryl methyl sites for hydroxylation is 1. The molecular formula is C29H31F3N6O4. The lowest BCUT2D eigenvalue weighted by molar-refractivity contribution is -0.137. The molecule has 4 aromatic rings. The Balaban J connectivity index is 1.89. The van der Waals surface area contributed by atoms with Crippen LogP contribution >= 0.6 is 0 Å². The Hall–Kier alpha value is -4.68. The van der Waals surface area contributed by atoms with Gasteiger partial charge in [-0.15, -0.1) is 0 Å². The van der Waals surface area contributed by atoms with Gasteiger partial charge in [-0.2, -0.15) is 28.2 Å². The number of amides is 2. The number of carbonyl (C=O) groups excluding carboxylic acids is 2. The summed E-state index contributed by atoms with van der Waals surface area (Å²) < 4.78 is 52.0. The summed E-state index contributed by atoms with van der Waals surface area (Å²) in [6.07, 6.45) is -4.84. The fraction of sp³-hybridized carbons (Fsp3) is 0.345. The van der Waals surface area contributed by atoms with Crippen LogP contribution in [-0.2, 0) is 15.7 Å². The van der Waals surface area contributed by atoms with Crippen molar-refractivity contribution in [2.24, 2.45) is 0 Å². The maximum atomic E-state index is 13.4. The molecule has 0 aliphatic carbocycles. The number of alkyl halides is 3. The topological polar surface area (TPSA) is 111 Å². The SMILES string of the molecule is Cc1nn2ccccc2c1-c1cc(N(C(=O)OC(C)(C)C)C(=O)OC(C)(C)C)nc(Nc2ccc(C(F)(F)F)cc2)n1. The summed E-state index contributed by atoms with van der Waals surface area (Å²) in [4.78, 5) is 36.3. The van der Waals surface area contributed by atoms with E-state index < -0.39 is 35.1 Å². The van der Waals surface area contributed by atoms with E-state index in [1.165, 1.54) is 18.2 Å². The summed E-state index contributed by atoms with van der Waals surface area (Å²) in [5, 5.41) is 7.38. The van der Waals surface area contributed by atoms with Gasteiger partial charge >= 0.3 is 18.4 Å². The van der Waals surface area contributed by atoms with Gasteiger partial charge in [-0.25, -0.2) is 19.1 Å². The van der Waals surface area contributed by atoms with E-state index in [1.807, 2.05) is 12.1 Å². The predicted molar refractivity (Wildman–Crippen MR) is 151 cm³/mol. The minimum Gasteiger partial charge on any atom is -0.443 e. The smallest absolute Gasteiger partial charge is 0.425 e. The molecule has 0 unspecified atom stereocenters. The Morgan fingerprint density at radius 3 is 2.02 bits per heavy atom. The molecule has 222 valence electrons. The highest BCUT2D eigenvalue weighted by Gasteiger charge is 2.35. The van der Waals surface area contributed by atoms with Crippen LogP contribution < -0.4 is 10.2 Å². The number of ether oxygens (including phenoxy) is 2. The van der Waals surface area contributed by atoms with Crippen molar-refractivity contribution in [1.29, 1.82) is 0 Å². The number of anilines is 3. The number of hydrogen-bond donors (Lipinski definition) is 1. The van der Waals surface area contributed by atoms with Gasteiger partial charge in [-0.1, -0.05) is 6.07 Å². The van der Waals surface area contributed by atoms with Crippen molar-refractivity contribution in [3.8, 4) is 11.3 Å². The van der Waals surface area contributed by atoms with E-state index >= 15 is 0 Å². The molecule has 2 amide bonds. The van der Waals surface area contributed by atoms with Crippen LogP contribution in [0.3, 0.4) is 0 Å². The zero-order valence-corrected chi connectivity index (χ0v) is 24.2. The lowest BCUT2D eigenvalue weighted by Gasteiger charge is -2.28. The van der Waals surface area contributed by atoms with E-state index in [0.29, 0.717) is 21.7 Å². The summed E-state index contributed by atoms with van der Waals surface area (Å²) in [7, 11) is 0. The second-order valence-corrected chi connectivity index (χ2v) is 11.4. The normalized spacial score (nSPS) is 12.2. The number of carbonyl (C=O) groups is 2. The number of hydrogen-bond acceptors (Lipinski definition) is 8. The number of benzene rings is 1. The largest absolute Gasteiger partial charge is 0.443 e. The second kappa shape index (κ2) is 11.0. The Morgan fingerprint density at radius 2 is 1.48 bits per heavy atom. The Bertz CT molecular complexity index is 1590. The van der Waals surface area contributed by atoms with Gasteiger partial charge < -0.3 is 14.8 Å². The summed E-state index contributed by atoms with van der Waals surface area (Å²) in [6, 6.07) is 11.1. The molecule has 0 spiro atoms. The van der Waals surface area contributed by atoms with Crippen molar-refractivity contribution in [1.82, 2.24) is 19.6 Å². The Kier molecular flexibility index (Phi) is 7.90. The first-order valence-corrected chi connectivity index (χ1v) is 12.9. The third kappa shape index (κ3) is 7.14. The minimum atomic E-state index is -4.51. The molecule has 10 nitrogen and oxygen atoms in total. The van der Waals surface area contributed by atoms with Gasteiger partial charge in [0.25, 0.3) is 0 Å². The first-order chi connectivity index (χ1) is 19.4. The van der Waals surface area contributed by atoms with Crippen molar-refractivity contribution in [3.63, 3.8) is 0 Å². The first-order valence-electron chi connectivity index (χ1n) is 12.9. The number of nitrogens with one attached hydrogen (secondary N) is 1. The zero-order valence-electron chi connectivity index (χ0n) is 24.2. The van der Waals surface area contributed by atoms with Crippen LogP contribution in [0.15, 0.2) is 54.7 Å². The molecule has 42 heavy (non-hydrogen) atoms. The van der Waals surface area contributed by atoms with Gasteiger partial charge in [0.2, 0.25) is 5.95 Å². The average molecular weight is 585 g/mol. The highest BCUT2D eigenvalue weighted by molar-refractivity contribution is 6.09. The maximum absolute atomic E-state index is 13.4. The Labute approximate surface area is 240 Å². The number of aromatic nitrogens is 4. The molecule has 3 heterocycles. The fourth-order valence-corrected chi connectivity index (χ4v) is 3.91. The van der Waals surface area contributed by atoms with Gasteiger partial charge in [0.1, 0.15) is 11.2 Å². The number of imide groups is 1. The van der Waals surface area contributed by atoms with Gasteiger partial charge in [0.15, 0.2) is 5.82 Å². The number of halogens is 3. The second-order valence-electron chi connectivity index (χ2n) is 11.4. The van der Waals surface area contributed by atoms with E-state index in [9.17, 15) is 22.8 Å². The van der Waals surface area contributed by atoms with Crippen LogP contribution in [0.1, 0.15) is 52.8 Å². The molecule has 1 aromatic carbocycles. The molecule has 0 radical (unpaired) electrons. The monoisotopic (exact) mass is 584 g/mol. The lowest BCUT2D eigenvalue weighted by atomic mass is 10.1. The van der Waals surface area contributed by atoms with Crippen molar-refractivity contribution in [3.05, 3.63) is 66.0 Å². The zero-order chi connectivity index (χ0) is 31.0. The average Bonchev–Trinajstić information content (AvgIpc) is 3.17. The molecular weight excluding hydrogens is 553 g/mol. The molecule has 0 bridgehead atoms. The maximum Gasteiger partial charge on any atom is 0.425 e. The van der Waals surface area contributed by atoms with E-state index in [0.717, 1.165) is 12.1 Å². The molecule has 1 N–H and O–H groups in total. The molecule has 3 aromatic heterocycles. The van der Waals surface area contributed by atoms with Gasteiger partial charge in [-0.05, 0) is 84.9 Å². The Morgan fingerprint density at radius 1 is 0.881 bits per heavy atom. The first kappa shape index (κ1) is 30.3. The van der Waals surface area contributed by atoms with Crippen LogP contribution in [0.2, 0.25) is 0 Å². The molecule has 0 saturated carbocycles. The third-order valence-electron chi connectivity index (χ3n) is 5.53. The molecule has 13 heteroatoms. The van der Waals surface area contributed by atoms with E-state index in [-0.39, 0.29) is 23.1 Å². The minimum absolute atomic E-state index is 0.103. The third-order valence-corrected chi connectivity index (χ3v) is 5.53. The van der Waals surface area contributed by atoms with Crippen molar-refractivity contribution in [2.45, 2.75) is 65.8 Å². The van der Waals surface area contributed by atoms with Gasteiger partial charge in [0, 0.05) is 23.5 Å². The molecule has 0 saturated heterocycles. The van der Waals surface area contributed by atoms with Crippen molar-refractivity contribution < 1.29 is 32.2 Å². The number of nitrogens with zero attached hydrogens (tertiary/aromatic N) is 5. The fourth-order valence-electron chi connectivity index (χ4n) is 3.91. The molecule has 0 atom stereocenters. The molecule has 0 aliphatic rings. The molecule has 0 aliphatic heterocycles. The summed E-state index contributed by atoms with van der Waals surface area (Å²) >= 11 is 0. The summed E-state index contributed by atoms with van der Waals surface area (Å²) in [6.45, 7) is 11.6. The molecule has 0 fully saturated rings. The van der Waals surface area contributed by atoms with Crippen LogP contribution in [-0.4, -0.2) is 43.0 Å². The van der Waals surface area contributed by atoms with Crippen molar-refractivity contribution >= 4 is 35.2 Å². The van der Waals surface area contributed by atoms with Crippen LogP contribution in [0.25, 0.3) is 16.8 Å². The quantitative estimate of drug-likeness (QED) is 0.262. The van der Waals surface area contributed by atoms with Gasteiger partial charge in [0.05, 0.1) is 22.5 Å². The van der Waals surface area contributed by atoms with Gasteiger partial charge in [-0.3, -0.25) is 0 Å². The lowest BCUT2D eigenvalue weighted by Crippen LogP contribution is -2.44. The highest BCUT2D eigenvalue weighted by atomic mass is 19.4. The van der Waals surface area contributed by atoms with Crippen LogP contribution in [0, 0.1) is 6.92 Å². The number of pyridine rings is 1. The molecule has 4 rings (SSSR count). The predicted octanol–water partition coefficient (Wildman–Crippen LogP) is 7.54. The van der Waals surface area contributed by atoms with E-state index in [1.54, 1.807) is 65.2 Å². The standard InChI is InChI=1S/C29H31F3N6O4/c1-17-23(21-10-8-9-15-37(21)36-17)20-16-22(38(25(39)41-27(2,3)4)26(40)42-28(5,6)7)35-24(34-20)33-19-13-11-18(12-14-19)29(30,31)32/h8-16H,1-7H3,(H,33,34,35). The number of fused-ring (bicyclic) bond motifs is 1. The van der Waals surface area contributed by atoms with Crippen LogP contribution in [0.4, 0.5) is 40.2 Å². The van der Waals surface area contributed by atoms with Crippen molar-refractivity contribution in [2.75, 3.05) is 10.2 Å². The number of rotatable bonds is 4.